The molecule has 0 aromatic carbocycles. The fourth-order valence-electron chi connectivity index (χ4n) is 3.08. The molecule has 8 nitrogen and oxygen atoms in total. The van der Waals surface area contributed by atoms with Crippen molar-refractivity contribution in [3.8, 4) is 0 Å². The lowest BCUT2D eigenvalue weighted by Crippen LogP contribution is -2.46. The molecule has 0 radical (unpaired) electrons. The van der Waals surface area contributed by atoms with Crippen LogP contribution in [0.2, 0.25) is 0 Å². The topological polar surface area (TPSA) is 79.7 Å². The van der Waals surface area contributed by atoms with Gasteiger partial charge in [-0.25, -0.2) is 0 Å². The van der Waals surface area contributed by atoms with E-state index in [-0.39, 0.29) is 6.54 Å². The lowest BCUT2D eigenvalue weighted by atomic mass is 10.2. The van der Waals surface area contributed by atoms with E-state index in [9.17, 15) is 8.42 Å². The molecule has 136 valence electrons. The first-order valence-corrected chi connectivity index (χ1v) is 10.1. The molecule has 1 saturated heterocycles. The Balaban J connectivity index is 1.56. The van der Waals surface area contributed by atoms with E-state index in [1.807, 2.05) is 10.7 Å². The van der Waals surface area contributed by atoms with Crippen LogP contribution >= 0.6 is 0 Å². The zero-order valence-electron chi connectivity index (χ0n) is 14.3. The smallest absolute Gasteiger partial charge is 0.279 e. The van der Waals surface area contributed by atoms with Crippen molar-refractivity contribution < 1.29 is 13.2 Å². The molecule has 1 N–H and O–H groups in total. The fraction of sp³-hybridized carbons (Fsp3) is 0.800. The van der Waals surface area contributed by atoms with Crippen LogP contribution in [0.1, 0.15) is 31.2 Å². The van der Waals surface area contributed by atoms with Crippen molar-refractivity contribution in [3.05, 3.63) is 17.5 Å². The number of ether oxygens (including phenoxy) is 1. The van der Waals surface area contributed by atoms with Gasteiger partial charge in [0.25, 0.3) is 10.2 Å². The van der Waals surface area contributed by atoms with Gasteiger partial charge in [-0.2, -0.15) is 22.5 Å². The summed E-state index contributed by atoms with van der Waals surface area (Å²) in [6, 6.07) is 2.01. The molecule has 2 aliphatic rings. The van der Waals surface area contributed by atoms with Crippen molar-refractivity contribution in [3.63, 3.8) is 0 Å². The van der Waals surface area contributed by atoms with E-state index in [1.165, 1.54) is 17.1 Å². The number of hydrogen-bond acceptors (Lipinski definition) is 5. The minimum atomic E-state index is -3.46. The quantitative estimate of drug-likeness (QED) is 0.752. The Labute approximate surface area is 143 Å². The van der Waals surface area contributed by atoms with Gasteiger partial charge >= 0.3 is 0 Å². The van der Waals surface area contributed by atoms with Gasteiger partial charge in [0.2, 0.25) is 0 Å². The predicted octanol–water partition coefficient (Wildman–Crippen LogP) is 0.165. The van der Waals surface area contributed by atoms with E-state index in [1.54, 1.807) is 0 Å². The summed E-state index contributed by atoms with van der Waals surface area (Å²) < 4.78 is 35.9. The van der Waals surface area contributed by atoms with Gasteiger partial charge in [-0.15, -0.1) is 0 Å². The van der Waals surface area contributed by atoms with E-state index < -0.39 is 10.2 Å². The predicted molar refractivity (Wildman–Crippen MR) is 90.6 cm³/mol. The Morgan fingerprint density at radius 1 is 1.25 bits per heavy atom. The Morgan fingerprint density at radius 2 is 2.04 bits per heavy atom. The Bertz CT molecular complexity index is 640. The minimum absolute atomic E-state index is 0.231. The standard InChI is InChI=1S/C15H27N5O3S/c1-2-3-4-18-5-6-20-15(13-18)11-14(17-20)12-16-24(21,22)19-7-9-23-10-8-19/h11,16H,2-10,12-13H2,1H3. The Morgan fingerprint density at radius 3 is 2.79 bits per heavy atom. The number of rotatable bonds is 7. The average molecular weight is 357 g/mol. The summed E-state index contributed by atoms with van der Waals surface area (Å²) in [5.74, 6) is 0. The maximum absolute atomic E-state index is 12.3. The first-order chi connectivity index (χ1) is 11.6. The highest BCUT2D eigenvalue weighted by atomic mass is 32.2. The highest BCUT2D eigenvalue weighted by Crippen LogP contribution is 2.14. The van der Waals surface area contributed by atoms with E-state index in [4.69, 9.17) is 4.74 Å². The van der Waals surface area contributed by atoms with Gasteiger partial charge in [0.15, 0.2) is 0 Å². The number of unbranched alkanes of at least 4 members (excludes halogenated alkanes) is 1. The average Bonchev–Trinajstić information content (AvgIpc) is 3.01. The minimum Gasteiger partial charge on any atom is -0.379 e. The highest BCUT2D eigenvalue weighted by Gasteiger charge is 2.24. The largest absolute Gasteiger partial charge is 0.379 e. The van der Waals surface area contributed by atoms with E-state index >= 15 is 0 Å². The molecule has 0 spiro atoms. The van der Waals surface area contributed by atoms with Crippen molar-refractivity contribution in [1.29, 1.82) is 0 Å². The number of nitrogens with zero attached hydrogens (tertiary/aromatic N) is 4. The second-order valence-electron chi connectivity index (χ2n) is 6.32. The molecule has 0 atom stereocenters. The zero-order chi connectivity index (χ0) is 17.0. The van der Waals surface area contributed by atoms with E-state index in [0.717, 1.165) is 37.6 Å². The number of nitrogens with one attached hydrogen (secondary N) is 1. The SMILES string of the molecule is CCCCN1CCn2nc(CNS(=O)(=O)N3CCOCC3)cc2C1. The third-order valence-corrected chi connectivity index (χ3v) is 6.06. The second kappa shape index (κ2) is 7.92. The normalized spacial score (nSPS) is 20.2. The lowest BCUT2D eigenvalue weighted by molar-refractivity contribution is 0.0724. The summed E-state index contributed by atoms with van der Waals surface area (Å²) in [5, 5.41) is 4.53. The van der Waals surface area contributed by atoms with Gasteiger partial charge in [0.1, 0.15) is 0 Å². The van der Waals surface area contributed by atoms with Crippen LogP contribution < -0.4 is 4.72 Å². The van der Waals surface area contributed by atoms with Gasteiger partial charge in [-0.05, 0) is 19.0 Å². The van der Waals surface area contributed by atoms with Gasteiger partial charge in [-0.1, -0.05) is 13.3 Å². The molecule has 1 aromatic heterocycles. The molecule has 2 aliphatic heterocycles. The van der Waals surface area contributed by atoms with Crippen LogP contribution in [0, 0.1) is 0 Å². The molecule has 0 unspecified atom stereocenters. The third kappa shape index (κ3) is 4.34. The monoisotopic (exact) mass is 357 g/mol. The van der Waals surface area contributed by atoms with Crippen molar-refractivity contribution >= 4 is 10.2 Å². The first-order valence-electron chi connectivity index (χ1n) is 8.69. The molecular weight excluding hydrogens is 330 g/mol. The van der Waals surface area contributed by atoms with E-state index in [0.29, 0.717) is 26.3 Å². The summed E-state index contributed by atoms with van der Waals surface area (Å²) in [6.45, 7) is 8.03. The van der Waals surface area contributed by atoms with Crippen LogP contribution in [0.4, 0.5) is 0 Å². The lowest BCUT2D eigenvalue weighted by Gasteiger charge is -2.27. The molecule has 3 rings (SSSR count). The number of fused-ring (bicyclic) bond motifs is 1. The summed E-state index contributed by atoms with van der Waals surface area (Å²) >= 11 is 0. The summed E-state index contributed by atoms with van der Waals surface area (Å²) in [4.78, 5) is 2.43. The summed E-state index contributed by atoms with van der Waals surface area (Å²) in [6.07, 6.45) is 2.41. The second-order valence-corrected chi connectivity index (χ2v) is 8.07. The summed E-state index contributed by atoms with van der Waals surface area (Å²) in [5.41, 5.74) is 1.94. The van der Waals surface area contributed by atoms with Crippen molar-refractivity contribution in [2.75, 3.05) is 39.4 Å². The maximum atomic E-state index is 12.3. The van der Waals surface area contributed by atoms with Crippen LogP contribution in [0.25, 0.3) is 0 Å². The van der Waals surface area contributed by atoms with Crippen molar-refractivity contribution in [2.45, 2.75) is 39.4 Å². The molecule has 0 saturated carbocycles. The van der Waals surface area contributed by atoms with Crippen LogP contribution in [0.5, 0.6) is 0 Å². The van der Waals surface area contributed by atoms with Gasteiger partial charge in [0, 0.05) is 26.2 Å². The van der Waals surface area contributed by atoms with Crippen LogP contribution in [0.3, 0.4) is 0 Å². The zero-order valence-corrected chi connectivity index (χ0v) is 15.1. The fourth-order valence-corrected chi connectivity index (χ4v) is 4.23. The molecular formula is C15H27N5O3S. The number of aromatic nitrogens is 2. The summed E-state index contributed by atoms with van der Waals surface area (Å²) in [7, 11) is -3.46. The maximum Gasteiger partial charge on any atom is 0.279 e. The van der Waals surface area contributed by atoms with Crippen molar-refractivity contribution in [1.82, 2.24) is 23.7 Å². The third-order valence-electron chi connectivity index (χ3n) is 4.50. The molecule has 0 aliphatic carbocycles. The first kappa shape index (κ1) is 17.8. The van der Waals surface area contributed by atoms with Crippen LogP contribution in [0.15, 0.2) is 6.07 Å². The molecule has 9 heteroatoms. The number of morpholine rings is 1. The molecule has 0 bridgehead atoms. The van der Waals surface area contributed by atoms with Crippen LogP contribution in [-0.4, -0.2) is 66.8 Å². The van der Waals surface area contributed by atoms with Crippen LogP contribution in [-0.2, 0) is 34.6 Å². The molecule has 1 fully saturated rings. The Kier molecular flexibility index (Phi) is 5.88. The van der Waals surface area contributed by atoms with Gasteiger partial charge in [-0.3, -0.25) is 9.58 Å². The number of hydrogen-bond donors (Lipinski definition) is 1. The Hall–Kier alpha value is -1.00. The molecule has 24 heavy (non-hydrogen) atoms. The molecule has 3 heterocycles. The molecule has 0 amide bonds. The van der Waals surface area contributed by atoms with Gasteiger partial charge < -0.3 is 4.74 Å². The highest BCUT2D eigenvalue weighted by molar-refractivity contribution is 7.87. The van der Waals surface area contributed by atoms with Gasteiger partial charge in [0.05, 0.1) is 37.7 Å². The van der Waals surface area contributed by atoms with E-state index in [2.05, 4.69) is 21.6 Å². The van der Waals surface area contributed by atoms with Crippen molar-refractivity contribution in [2.24, 2.45) is 0 Å². The molecule has 1 aromatic rings.